The number of carbonyl (C=O) groups is 1. The summed E-state index contributed by atoms with van der Waals surface area (Å²) in [6.07, 6.45) is 0. The molecular weight excluding hydrogens is 342 g/mol. The molecule has 0 spiro atoms. The lowest BCUT2D eigenvalue weighted by molar-refractivity contribution is 0.0933. The van der Waals surface area contributed by atoms with Crippen LogP contribution in [0.2, 0.25) is 0 Å². The van der Waals surface area contributed by atoms with Gasteiger partial charge in [-0.15, -0.1) is 0 Å². The lowest BCUT2D eigenvalue weighted by Crippen LogP contribution is -2.32. The summed E-state index contributed by atoms with van der Waals surface area (Å²) in [5.74, 6) is 0.370. The third kappa shape index (κ3) is 3.56. The fourth-order valence-electron chi connectivity index (χ4n) is 3.09. The van der Waals surface area contributed by atoms with E-state index in [1.54, 1.807) is 31.4 Å². The van der Waals surface area contributed by atoms with E-state index in [0.717, 1.165) is 5.56 Å². The highest BCUT2D eigenvalue weighted by molar-refractivity contribution is 6.04. The topological polar surface area (TPSA) is 73.2 Å². The van der Waals surface area contributed by atoms with Crippen molar-refractivity contribution in [1.82, 2.24) is 15.1 Å². The number of hydrogen-bond acceptors (Lipinski definition) is 4. The average Bonchev–Trinajstić information content (AvgIpc) is 2.68. The fourth-order valence-corrected chi connectivity index (χ4v) is 3.09. The molecule has 0 fully saturated rings. The van der Waals surface area contributed by atoms with Crippen LogP contribution in [0.3, 0.4) is 0 Å². The van der Waals surface area contributed by atoms with Crippen LogP contribution in [0.1, 0.15) is 48.9 Å². The zero-order chi connectivity index (χ0) is 19.6. The number of para-hydroxylation sites is 1. The molecule has 0 aliphatic heterocycles. The van der Waals surface area contributed by atoms with Crippen LogP contribution in [0.15, 0.2) is 53.3 Å². The van der Waals surface area contributed by atoms with E-state index in [9.17, 15) is 9.59 Å². The summed E-state index contributed by atoms with van der Waals surface area (Å²) in [4.78, 5) is 25.6. The summed E-state index contributed by atoms with van der Waals surface area (Å²) in [6.45, 7) is 5.61. The largest absolute Gasteiger partial charge is 0.496 e. The first-order valence-electron chi connectivity index (χ1n) is 8.89. The van der Waals surface area contributed by atoms with Gasteiger partial charge < -0.3 is 10.1 Å². The third-order valence-electron chi connectivity index (χ3n) is 4.49. The van der Waals surface area contributed by atoms with Gasteiger partial charge in [-0.2, -0.15) is 5.10 Å². The Labute approximate surface area is 157 Å². The van der Waals surface area contributed by atoms with Crippen LogP contribution in [-0.2, 0) is 0 Å². The van der Waals surface area contributed by atoms with Gasteiger partial charge in [0.25, 0.3) is 11.5 Å². The first kappa shape index (κ1) is 18.6. The first-order chi connectivity index (χ1) is 12.9. The lowest BCUT2D eigenvalue weighted by Gasteiger charge is -2.18. The number of nitrogens with zero attached hydrogens (tertiary/aromatic N) is 2. The second-order valence-corrected chi connectivity index (χ2v) is 6.67. The van der Waals surface area contributed by atoms with Crippen molar-refractivity contribution in [3.8, 4) is 5.75 Å². The summed E-state index contributed by atoms with van der Waals surface area (Å²) in [5, 5.41) is 8.35. The molecule has 1 atom stereocenters. The number of amides is 1. The Hall–Kier alpha value is -3.15. The molecule has 3 aromatic rings. The molecule has 0 aliphatic rings. The molecule has 3 rings (SSSR count). The van der Waals surface area contributed by atoms with Crippen molar-refractivity contribution >= 4 is 16.7 Å². The Morgan fingerprint density at radius 2 is 1.67 bits per heavy atom. The molecule has 1 amide bonds. The van der Waals surface area contributed by atoms with Crippen molar-refractivity contribution in [3.05, 3.63) is 70.1 Å². The van der Waals surface area contributed by atoms with Crippen LogP contribution in [0, 0.1) is 0 Å². The Balaban J connectivity index is 2.03. The zero-order valence-electron chi connectivity index (χ0n) is 15.9. The maximum absolute atomic E-state index is 13.0. The van der Waals surface area contributed by atoms with Gasteiger partial charge >= 0.3 is 0 Å². The van der Waals surface area contributed by atoms with Gasteiger partial charge in [-0.25, -0.2) is 4.68 Å². The Bertz CT molecular complexity index is 1040. The molecule has 6 nitrogen and oxygen atoms in total. The van der Waals surface area contributed by atoms with E-state index in [2.05, 4.69) is 10.4 Å². The molecule has 1 aromatic heterocycles. The van der Waals surface area contributed by atoms with Crippen molar-refractivity contribution in [3.63, 3.8) is 0 Å². The fraction of sp³-hybridized carbons (Fsp3) is 0.286. The summed E-state index contributed by atoms with van der Waals surface area (Å²) in [5.41, 5.74) is 0.908. The predicted octanol–water partition coefficient (Wildman–Crippen LogP) is 3.48. The molecule has 0 radical (unpaired) electrons. The van der Waals surface area contributed by atoms with E-state index >= 15 is 0 Å². The van der Waals surface area contributed by atoms with Crippen molar-refractivity contribution < 1.29 is 9.53 Å². The molecule has 1 heterocycles. The molecule has 0 saturated heterocycles. The van der Waals surface area contributed by atoms with Gasteiger partial charge in [-0.1, -0.05) is 36.4 Å². The zero-order valence-corrected chi connectivity index (χ0v) is 15.9. The lowest BCUT2D eigenvalue weighted by atomic mass is 10.1. The van der Waals surface area contributed by atoms with Gasteiger partial charge in [0.1, 0.15) is 5.75 Å². The summed E-state index contributed by atoms with van der Waals surface area (Å²) in [6, 6.07) is 14.1. The first-order valence-corrected chi connectivity index (χ1v) is 8.89. The summed E-state index contributed by atoms with van der Waals surface area (Å²) >= 11 is 0. The van der Waals surface area contributed by atoms with Crippen LogP contribution in [0.25, 0.3) is 10.8 Å². The second-order valence-electron chi connectivity index (χ2n) is 6.67. The SMILES string of the molecule is COc1ccccc1C(C)NC(=O)c1nn(C(C)C)c(=O)c2ccccc12. The van der Waals surface area contributed by atoms with Crippen molar-refractivity contribution in [1.29, 1.82) is 0 Å². The molecule has 6 heteroatoms. The van der Waals surface area contributed by atoms with E-state index < -0.39 is 0 Å². The van der Waals surface area contributed by atoms with Gasteiger partial charge in [0.05, 0.1) is 24.6 Å². The van der Waals surface area contributed by atoms with Crippen LogP contribution in [0.4, 0.5) is 0 Å². The Morgan fingerprint density at radius 1 is 1.04 bits per heavy atom. The minimum absolute atomic E-state index is 0.153. The van der Waals surface area contributed by atoms with E-state index in [1.165, 1.54) is 4.68 Å². The minimum Gasteiger partial charge on any atom is -0.496 e. The van der Waals surface area contributed by atoms with Gasteiger partial charge in [-0.05, 0) is 32.9 Å². The molecular formula is C21H23N3O3. The predicted molar refractivity (Wildman–Crippen MR) is 105 cm³/mol. The Kier molecular flexibility index (Phi) is 5.26. The Morgan fingerprint density at radius 3 is 2.33 bits per heavy atom. The molecule has 1 unspecified atom stereocenters. The number of methoxy groups -OCH3 is 1. The van der Waals surface area contributed by atoms with Gasteiger partial charge in [0.15, 0.2) is 5.69 Å². The highest BCUT2D eigenvalue weighted by atomic mass is 16.5. The van der Waals surface area contributed by atoms with E-state index in [0.29, 0.717) is 16.5 Å². The van der Waals surface area contributed by atoms with Crippen molar-refractivity contribution in [2.75, 3.05) is 7.11 Å². The smallest absolute Gasteiger partial charge is 0.274 e. The summed E-state index contributed by atoms with van der Waals surface area (Å²) in [7, 11) is 1.60. The van der Waals surface area contributed by atoms with Gasteiger partial charge in [-0.3, -0.25) is 9.59 Å². The van der Waals surface area contributed by atoms with E-state index in [-0.39, 0.29) is 29.2 Å². The van der Waals surface area contributed by atoms with Gasteiger partial charge in [0.2, 0.25) is 0 Å². The number of nitrogens with one attached hydrogen (secondary N) is 1. The van der Waals surface area contributed by atoms with Crippen LogP contribution >= 0.6 is 0 Å². The monoisotopic (exact) mass is 365 g/mol. The standard InChI is InChI=1S/C21H23N3O3/c1-13(2)24-21(26)17-11-6-5-10-16(17)19(23-24)20(25)22-14(3)15-9-7-8-12-18(15)27-4/h5-14H,1-4H3,(H,22,25). The van der Waals surface area contributed by atoms with Crippen LogP contribution in [-0.4, -0.2) is 22.8 Å². The van der Waals surface area contributed by atoms with E-state index in [1.807, 2.05) is 45.0 Å². The molecule has 27 heavy (non-hydrogen) atoms. The summed E-state index contributed by atoms with van der Waals surface area (Å²) < 4.78 is 6.73. The van der Waals surface area contributed by atoms with Crippen LogP contribution in [0.5, 0.6) is 5.75 Å². The van der Waals surface area contributed by atoms with Crippen molar-refractivity contribution in [2.45, 2.75) is 32.9 Å². The maximum atomic E-state index is 13.0. The molecule has 0 aliphatic carbocycles. The number of ether oxygens (including phenoxy) is 1. The number of rotatable bonds is 5. The van der Waals surface area contributed by atoms with Crippen LogP contribution < -0.4 is 15.6 Å². The molecule has 0 saturated carbocycles. The number of hydrogen-bond donors (Lipinski definition) is 1. The molecule has 140 valence electrons. The molecule has 0 bridgehead atoms. The van der Waals surface area contributed by atoms with E-state index in [4.69, 9.17) is 4.74 Å². The number of benzene rings is 2. The van der Waals surface area contributed by atoms with Crippen molar-refractivity contribution in [2.24, 2.45) is 0 Å². The average molecular weight is 365 g/mol. The highest BCUT2D eigenvalue weighted by Crippen LogP contribution is 2.25. The van der Waals surface area contributed by atoms with Gasteiger partial charge in [0, 0.05) is 10.9 Å². The normalized spacial score (nSPS) is 12.2. The molecule has 2 aromatic carbocycles. The molecule has 1 N–H and O–H groups in total. The third-order valence-corrected chi connectivity index (χ3v) is 4.49. The number of aromatic nitrogens is 2. The number of carbonyl (C=O) groups excluding carboxylic acids is 1. The number of fused-ring (bicyclic) bond motifs is 1. The second kappa shape index (κ2) is 7.61. The highest BCUT2D eigenvalue weighted by Gasteiger charge is 2.20. The minimum atomic E-state index is -0.334. The quantitative estimate of drug-likeness (QED) is 0.751. The maximum Gasteiger partial charge on any atom is 0.274 e.